The lowest BCUT2D eigenvalue weighted by Gasteiger charge is -2.39. The van der Waals surface area contributed by atoms with E-state index in [1.807, 2.05) is 56.3 Å². The topological polar surface area (TPSA) is 118 Å². The molecule has 2 fully saturated rings. The first-order valence-corrected chi connectivity index (χ1v) is 15.4. The molecule has 2 aromatic rings. The number of ether oxygens (including phenoxy) is 1. The molecule has 0 saturated carbocycles. The van der Waals surface area contributed by atoms with Crippen molar-refractivity contribution < 1.29 is 24.2 Å². The van der Waals surface area contributed by atoms with Crippen molar-refractivity contribution in [3.05, 3.63) is 48.6 Å². The second kappa shape index (κ2) is 11.2. The summed E-state index contributed by atoms with van der Waals surface area (Å²) >= 11 is 1.52. The van der Waals surface area contributed by atoms with Gasteiger partial charge in [-0.15, -0.1) is 16.9 Å². The van der Waals surface area contributed by atoms with Gasteiger partial charge in [-0.05, 0) is 43.7 Å². The first-order valence-electron chi connectivity index (χ1n) is 14.5. The van der Waals surface area contributed by atoms with Crippen molar-refractivity contribution in [3.63, 3.8) is 0 Å². The fourth-order valence-electron chi connectivity index (χ4n) is 6.93. The number of amides is 2. The summed E-state index contributed by atoms with van der Waals surface area (Å²) in [5.74, 6) is -2.16. The molecule has 6 rings (SSSR count). The highest BCUT2D eigenvalue weighted by atomic mass is 32.2. The van der Waals surface area contributed by atoms with Gasteiger partial charge < -0.3 is 19.6 Å². The van der Waals surface area contributed by atoms with Gasteiger partial charge in [-0.2, -0.15) is 0 Å². The Bertz CT molecular complexity index is 1390. The first-order chi connectivity index (χ1) is 19.9. The normalized spacial score (nSPS) is 31.6. The van der Waals surface area contributed by atoms with E-state index in [4.69, 9.17) is 4.74 Å². The van der Waals surface area contributed by atoms with Crippen molar-refractivity contribution >= 4 is 40.6 Å². The van der Waals surface area contributed by atoms with Crippen LogP contribution in [0.5, 0.6) is 0 Å². The van der Waals surface area contributed by atoms with Gasteiger partial charge in [0.2, 0.25) is 11.8 Å². The van der Waals surface area contributed by atoms with Gasteiger partial charge in [0.1, 0.15) is 18.2 Å². The molecule has 2 saturated heterocycles. The SMILES string of the molecule is CC(C)C[C@H](CO)N1C(=O)[C@@H]2[C@@H]3C(=O)OCCCC/C=C\[C@@H]3S[C@@]23C=CCN(Cn2nnc4ccccc42)C(=O)C13. The number of esters is 1. The molecule has 11 heteroatoms. The predicted octanol–water partition coefficient (Wildman–Crippen LogP) is 2.77. The third-order valence-corrected chi connectivity index (χ3v) is 10.4. The van der Waals surface area contributed by atoms with Crippen molar-refractivity contribution in [1.82, 2.24) is 24.8 Å². The fraction of sp³-hybridized carbons (Fsp3) is 0.567. The number of hydrogen-bond donors (Lipinski definition) is 1. The number of fused-ring (bicyclic) bond motifs is 3. The van der Waals surface area contributed by atoms with Crippen LogP contribution in [0.3, 0.4) is 0 Å². The third kappa shape index (κ3) is 4.76. The molecule has 41 heavy (non-hydrogen) atoms. The maximum atomic E-state index is 14.6. The molecular weight excluding hydrogens is 542 g/mol. The number of hydrogen-bond acceptors (Lipinski definition) is 8. The van der Waals surface area contributed by atoms with Gasteiger partial charge in [0, 0.05) is 11.8 Å². The fourth-order valence-corrected chi connectivity index (χ4v) is 8.91. The number of aromatic nitrogens is 3. The number of carbonyl (C=O) groups is 3. The van der Waals surface area contributed by atoms with Gasteiger partial charge in [-0.3, -0.25) is 14.4 Å². The van der Waals surface area contributed by atoms with E-state index in [0.29, 0.717) is 19.6 Å². The number of thioether (sulfide) groups is 1. The zero-order valence-corrected chi connectivity index (χ0v) is 24.3. The Morgan fingerprint density at radius 2 is 1.98 bits per heavy atom. The molecule has 1 unspecified atom stereocenters. The number of cyclic esters (lactones) is 1. The summed E-state index contributed by atoms with van der Waals surface area (Å²) in [6.45, 7) is 4.61. The van der Waals surface area contributed by atoms with E-state index in [2.05, 4.69) is 16.4 Å². The zero-order chi connectivity index (χ0) is 28.7. The summed E-state index contributed by atoms with van der Waals surface area (Å²) in [6.07, 6.45) is 11.2. The molecule has 0 bridgehead atoms. The van der Waals surface area contributed by atoms with Crippen LogP contribution in [0.25, 0.3) is 11.0 Å². The maximum Gasteiger partial charge on any atom is 0.311 e. The van der Waals surface area contributed by atoms with E-state index in [1.54, 1.807) is 14.5 Å². The Kier molecular flexibility index (Phi) is 7.67. The van der Waals surface area contributed by atoms with Crippen molar-refractivity contribution in [2.24, 2.45) is 17.8 Å². The number of likely N-dealkylation sites (tertiary alicyclic amines) is 1. The Morgan fingerprint density at radius 1 is 1.15 bits per heavy atom. The van der Waals surface area contributed by atoms with Gasteiger partial charge in [0.15, 0.2) is 0 Å². The number of nitrogens with zero attached hydrogens (tertiary/aromatic N) is 5. The highest BCUT2D eigenvalue weighted by Gasteiger charge is 2.71. The maximum absolute atomic E-state index is 14.6. The Morgan fingerprint density at radius 3 is 2.78 bits per heavy atom. The molecule has 0 radical (unpaired) electrons. The summed E-state index contributed by atoms with van der Waals surface area (Å²) in [5, 5.41) is 18.8. The Balaban J connectivity index is 1.43. The molecule has 1 aromatic carbocycles. The molecule has 4 aliphatic heterocycles. The Hall–Kier alpha value is -3.18. The van der Waals surface area contributed by atoms with Gasteiger partial charge in [-0.25, -0.2) is 4.68 Å². The molecule has 0 aliphatic carbocycles. The van der Waals surface area contributed by atoms with Gasteiger partial charge >= 0.3 is 5.97 Å². The number of rotatable bonds is 6. The monoisotopic (exact) mass is 579 g/mol. The minimum atomic E-state index is -0.968. The summed E-state index contributed by atoms with van der Waals surface area (Å²) in [5.41, 5.74) is 1.54. The highest BCUT2D eigenvalue weighted by Crippen LogP contribution is 2.61. The van der Waals surface area contributed by atoms with Gasteiger partial charge in [-0.1, -0.05) is 55.5 Å². The molecule has 1 aromatic heterocycles. The number of aliphatic hydroxyl groups excluding tert-OH is 1. The smallest absolute Gasteiger partial charge is 0.311 e. The van der Waals surface area contributed by atoms with Crippen molar-refractivity contribution in [2.75, 3.05) is 19.8 Å². The van der Waals surface area contributed by atoms with Crippen LogP contribution in [0.1, 0.15) is 39.5 Å². The van der Waals surface area contributed by atoms with Crippen molar-refractivity contribution in [1.29, 1.82) is 0 Å². The summed E-state index contributed by atoms with van der Waals surface area (Å²) < 4.78 is 6.42. The van der Waals surface area contributed by atoms with Crippen LogP contribution >= 0.6 is 11.8 Å². The average molecular weight is 580 g/mol. The standard InChI is InChI=1S/C30H37N5O5S/c1-19(2)16-20(17-36)35-26-28(38)33(18-34-22-11-7-6-10-21(22)31-32-34)14-9-13-30(26)25(27(35)37)24-23(41-30)12-5-3-4-8-15-40-29(24)39/h5-7,9-13,19-20,23-26,36H,3-4,8,14-18H2,1-2H3/b12-5-/t20-,23+,24-,25+,26?,30+/m1/s1. The van der Waals surface area contributed by atoms with Crippen molar-refractivity contribution in [3.8, 4) is 0 Å². The molecule has 5 heterocycles. The number of benzene rings is 1. The Labute approximate surface area is 243 Å². The van der Waals surface area contributed by atoms with Crippen LogP contribution in [-0.4, -0.2) is 89.5 Å². The average Bonchev–Trinajstić information content (AvgIpc) is 3.55. The second-order valence-electron chi connectivity index (χ2n) is 11.8. The van der Waals surface area contributed by atoms with Gasteiger partial charge in [0.05, 0.1) is 41.4 Å². The quantitative estimate of drug-likeness (QED) is 0.410. The van der Waals surface area contributed by atoms with Crippen LogP contribution in [0, 0.1) is 17.8 Å². The second-order valence-corrected chi connectivity index (χ2v) is 13.3. The van der Waals surface area contributed by atoms with E-state index in [1.165, 1.54) is 11.8 Å². The lowest BCUT2D eigenvalue weighted by atomic mass is 9.78. The van der Waals surface area contributed by atoms with E-state index < -0.39 is 28.7 Å². The van der Waals surface area contributed by atoms with Crippen LogP contribution in [0.15, 0.2) is 48.6 Å². The zero-order valence-electron chi connectivity index (χ0n) is 23.5. The van der Waals surface area contributed by atoms with Gasteiger partial charge in [0.25, 0.3) is 0 Å². The predicted molar refractivity (Wildman–Crippen MR) is 154 cm³/mol. The molecule has 6 atom stereocenters. The van der Waals surface area contributed by atoms with Crippen LogP contribution in [0.4, 0.5) is 0 Å². The molecule has 10 nitrogen and oxygen atoms in total. The largest absolute Gasteiger partial charge is 0.465 e. The number of para-hydroxylation sites is 1. The minimum absolute atomic E-state index is 0.163. The summed E-state index contributed by atoms with van der Waals surface area (Å²) in [4.78, 5) is 45.9. The summed E-state index contributed by atoms with van der Waals surface area (Å²) in [6, 6.07) is 6.14. The van der Waals surface area contributed by atoms with E-state index >= 15 is 0 Å². The van der Waals surface area contributed by atoms with E-state index in [9.17, 15) is 19.5 Å². The molecule has 1 spiro atoms. The lowest BCUT2D eigenvalue weighted by Crippen LogP contribution is -2.56. The molecule has 2 amide bonds. The summed E-state index contributed by atoms with van der Waals surface area (Å²) in [7, 11) is 0. The minimum Gasteiger partial charge on any atom is -0.465 e. The van der Waals surface area contributed by atoms with E-state index in [-0.39, 0.29) is 42.2 Å². The highest BCUT2D eigenvalue weighted by molar-refractivity contribution is 8.02. The molecule has 218 valence electrons. The number of carbonyl (C=O) groups excluding carboxylic acids is 3. The molecular formula is C30H37N5O5S. The van der Waals surface area contributed by atoms with E-state index in [0.717, 1.165) is 30.3 Å². The number of aliphatic hydroxyl groups is 1. The van der Waals surface area contributed by atoms with Crippen molar-refractivity contribution in [2.45, 2.75) is 68.3 Å². The molecule has 1 N–H and O–H groups in total. The van der Waals surface area contributed by atoms with Crippen LogP contribution < -0.4 is 0 Å². The van der Waals surface area contributed by atoms with Crippen LogP contribution in [0.2, 0.25) is 0 Å². The third-order valence-electron chi connectivity index (χ3n) is 8.70. The molecule has 4 aliphatic rings. The number of allylic oxidation sites excluding steroid dienone is 1. The lowest BCUT2D eigenvalue weighted by molar-refractivity contribution is -0.154. The first kappa shape index (κ1) is 28.0. The van der Waals surface area contributed by atoms with Crippen LogP contribution in [-0.2, 0) is 25.8 Å².